The first-order chi connectivity index (χ1) is 6.66. The molecule has 0 amide bonds. The van der Waals surface area contributed by atoms with Gasteiger partial charge in [0.15, 0.2) is 0 Å². The second-order valence-corrected chi connectivity index (χ2v) is 4.63. The van der Waals surface area contributed by atoms with Crippen molar-refractivity contribution in [3.8, 4) is 0 Å². The quantitative estimate of drug-likeness (QED) is 0.434. The van der Waals surface area contributed by atoms with Gasteiger partial charge in [-0.05, 0) is 19.8 Å². The average Bonchev–Trinajstić information content (AvgIpc) is 2.12. The summed E-state index contributed by atoms with van der Waals surface area (Å²) in [6.07, 6.45) is 3.35. The summed E-state index contributed by atoms with van der Waals surface area (Å²) in [6, 6.07) is 0. The van der Waals surface area contributed by atoms with Crippen LogP contribution in [0.4, 0.5) is 0 Å². The summed E-state index contributed by atoms with van der Waals surface area (Å²) in [5, 5.41) is 1.01. The van der Waals surface area contributed by atoms with Gasteiger partial charge in [0.1, 0.15) is 0 Å². The molecular formula is C10H17BrO3. The summed E-state index contributed by atoms with van der Waals surface area (Å²) in [7, 11) is 0. The first-order valence-corrected chi connectivity index (χ1v) is 6.14. The van der Waals surface area contributed by atoms with Crippen LogP contribution in [-0.4, -0.2) is 30.1 Å². The van der Waals surface area contributed by atoms with E-state index in [2.05, 4.69) is 15.9 Å². The largest absolute Gasteiger partial charge is 0.465 e. The van der Waals surface area contributed by atoms with Crippen LogP contribution in [-0.2, 0) is 14.3 Å². The number of carbonyl (C=O) groups is 1. The zero-order chi connectivity index (χ0) is 10.4. The SMILES string of the molecule is CC1(OCCCCBr)CCOC(=O)C1. The topological polar surface area (TPSA) is 35.5 Å². The Hall–Kier alpha value is -0.0900. The van der Waals surface area contributed by atoms with Gasteiger partial charge in [-0.3, -0.25) is 4.79 Å². The molecular weight excluding hydrogens is 248 g/mol. The van der Waals surface area contributed by atoms with E-state index in [1.807, 2.05) is 6.92 Å². The minimum Gasteiger partial charge on any atom is -0.465 e. The number of alkyl halides is 1. The molecule has 0 aromatic carbocycles. The van der Waals surface area contributed by atoms with Crippen LogP contribution in [0.1, 0.15) is 32.6 Å². The monoisotopic (exact) mass is 264 g/mol. The number of hydrogen-bond donors (Lipinski definition) is 0. The lowest BCUT2D eigenvalue weighted by atomic mass is 9.96. The van der Waals surface area contributed by atoms with Gasteiger partial charge in [-0.2, -0.15) is 0 Å². The van der Waals surface area contributed by atoms with Crippen molar-refractivity contribution in [2.24, 2.45) is 0 Å². The zero-order valence-electron chi connectivity index (χ0n) is 8.55. The van der Waals surface area contributed by atoms with Crippen molar-refractivity contribution >= 4 is 21.9 Å². The van der Waals surface area contributed by atoms with Crippen LogP contribution in [0.25, 0.3) is 0 Å². The van der Waals surface area contributed by atoms with E-state index in [0.717, 1.165) is 31.2 Å². The van der Waals surface area contributed by atoms with Crippen LogP contribution in [0.3, 0.4) is 0 Å². The fourth-order valence-electron chi connectivity index (χ4n) is 1.46. The maximum atomic E-state index is 11.1. The first-order valence-electron chi connectivity index (χ1n) is 5.02. The van der Waals surface area contributed by atoms with Crippen molar-refractivity contribution in [3.63, 3.8) is 0 Å². The highest BCUT2D eigenvalue weighted by Gasteiger charge is 2.33. The predicted octanol–water partition coefficient (Wildman–Crippen LogP) is 2.27. The van der Waals surface area contributed by atoms with Crippen LogP contribution >= 0.6 is 15.9 Å². The molecule has 1 fully saturated rings. The Kier molecular flexibility index (Phi) is 4.89. The van der Waals surface area contributed by atoms with Gasteiger partial charge in [-0.25, -0.2) is 0 Å². The lowest BCUT2D eigenvalue weighted by Crippen LogP contribution is -2.38. The molecule has 0 saturated carbocycles. The highest BCUT2D eigenvalue weighted by atomic mass is 79.9. The molecule has 14 heavy (non-hydrogen) atoms. The molecule has 1 aliphatic heterocycles. The molecule has 3 nitrogen and oxygen atoms in total. The Morgan fingerprint density at radius 2 is 2.36 bits per heavy atom. The van der Waals surface area contributed by atoms with Crippen LogP contribution in [0.15, 0.2) is 0 Å². The van der Waals surface area contributed by atoms with Crippen molar-refractivity contribution < 1.29 is 14.3 Å². The molecule has 1 aliphatic rings. The van der Waals surface area contributed by atoms with Gasteiger partial charge in [0.2, 0.25) is 0 Å². The molecule has 0 N–H and O–H groups in total. The third-order valence-electron chi connectivity index (χ3n) is 2.39. The van der Waals surface area contributed by atoms with E-state index in [1.54, 1.807) is 0 Å². The minimum absolute atomic E-state index is 0.140. The number of halogens is 1. The van der Waals surface area contributed by atoms with Gasteiger partial charge in [0.25, 0.3) is 0 Å². The van der Waals surface area contributed by atoms with Crippen LogP contribution < -0.4 is 0 Å². The Labute approximate surface area is 93.3 Å². The summed E-state index contributed by atoms with van der Waals surface area (Å²) in [5.41, 5.74) is -0.290. The van der Waals surface area contributed by atoms with E-state index in [9.17, 15) is 4.79 Å². The second kappa shape index (κ2) is 5.71. The number of esters is 1. The Morgan fingerprint density at radius 3 is 3.00 bits per heavy atom. The van der Waals surface area contributed by atoms with Gasteiger partial charge >= 0.3 is 5.97 Å². The standard InChI is InChI=1S/C10H17BrO3/c1-10(14-6-3-2-5-11)4-7-13-9(12)8-10/h2-8H2,1H3. The number of carbonyl (C=O) groups excluding carboxylic acids is 1. The molecule has 0 radical (unpaired) electrons. The summed E-state index contributed by atoms with van der Waals surface area (Å²) in [5.74, 6) is -0.140. The molecule has 0 aromatic heterocycles. The minimum atomic E-state index is -0.290. The summed E-state index contributed by atoms with van der Waals surface area (Å²) in [6.45, 7) is 3.21. The lowest BCUT2D eigenvalue weighted by molar-refractivity contribution is -0.163. The summed E-state index contributed by atoms with van der Waals surface area (Å²) >= 11 is 3.37. The van der Waals surface area contributed by atoms with Crippen LogP contribution in [0, 0.1) is 0 Å². The van der Waals surface area contributed by atoms with E-state index >= 15 is 0 Å². The number of ether oxygens (including phenoxy) is 2. The Bertz CT molecular complexity index is 196. The molecule has 0 spiro atoms. The van der Waals surface area contributed by atoms with Gasteiger partial charge in [-0.15, -0.1) is 0 Å². The molecule has 0 aromatic rings. The molecule has 1 rings (SSSR count). The number of hydrogen-bond acceptors (Lipinski definition) is 3. The van der Waals surface area contributed by atoms with E-state index in [0.29, 0.717) is 13.0 Å². The van der Waals surface area contributed by atoms with Gasteiger partial charge < -0.3 is 9.47 Å². The third-order valence-corrected chi connectivity index (χ3v) is 2.95. The van der Waals surface area contributed by atoms with E-state index in [-0.39, 0.29) is 11.6 Å². The van der Waals surface area contributed by atoms with Crippen LogP contribution in [0.2, 0.25) is 0 Å². The van der Waals surface area contributed by atoms with Gasteiger partial charge in [0, 0.05) is 18.4 Å². The van der Waals surface area contributed by atoms with Gasteiger partial charge in [0.05, 0.1) is 18.6 Å². The molecule has 1 atom stereocenters. The smallest absolute Gasteiger partial charge is 0.308 e. The molecule has 1 unspecified atom stereocenters. The number of unbranched alkanes of at least 4 members (excludes halogenated alkanes) is 1. The normalized spacial score (nSPS) is 27.4. The Balaban J connectivity index is 2.23. The highest BCUT2D eigenvalue weighted by Crippen LogP contribution is 2.25. The molecule has 82 valence electrons. The molecule has 0 aliphatic carbocycles. The maximum Gasteiger partial charge on any atom is 0.308 e. The zero-order valence-corrected chi connectivity index (χ0v) is 10.1. The van der Waals surface area contributed by atoms with Crippen molar-refractivity contribution in [2.75, 3.05) is 18.5 Å². The van der Waals surface area contributed by atoms with Crippen LogP contribution in [0.5, 0.6) is 0 Å². The lowest BCUT2D eigenvalue weighted by Gasteiger charge is -2.32. The van der Waals surface area contributed by atoms with Gasteiger partial charge in [-0.1, -0.05) is 15.9 Å². The first kappa shape index (κ1) is 12.0. The summed E-state index contributed by atoms with van der Waals surface area (Å²) in [4.78, 5) is 11.1. The molecule has 1 saturated heterocycles. The Morgan fingerprint density at radius 1 is 1.57 bits per heavy atom. The summed E-state index contributed by atoms with van der Waals surface area (Å²) < 4.78 is 10.6. The van der Waals surface area contributed by atoms with E-state index in [1.165, 1.54) is 0 Å². The fraction of sp³-hybridized carbons (Fsp3) is 0.900. The molecule has 4 heteroatoms. The predicted molar refractivity (Wildman–Crippen MR) is 57.6 cm³/mol. The highest BCUT2D eigenvalue weighted by molar-refractivity contribution is 9.09. The molecule has 1 heterocycles. The average molecular weight is 265 g/mol. The van der Waals surface area contributed by atoms with Crippen molar-refractivity contribution in [3.05, 3.63) is 0 Å². The van der Waals surface area contributed by atoms with E-state index < -0.39 is 0 Å². The van der Waals surface area contributed by atoms with Crippen molar-refractivity contribution in [1.82, 2.24) is 0 Å². The van der Waals surface area contributed by atoms with Crippen molar-refractivity contribution in [1.29, 1.82) is 0 Å². The number of rotatable bonds is 5. The maximum absolute atomic E-state index is 11.1. The fourth-order valence-corrected chi connectivity index (χ4v) is 1.86. The van der Waals surface area contributed by atoms with E-state index in [4.69, 9.17) is 9.47 Å². The third kappa shape index (κ3) is 3.96. The second-order valence-electron chi connectivity index (χ2n) is 3.84. The van der Waals surface area contributed by atoms with Crippen molar-refractivity contribution in [2.45, 2.75) is 38.2 Å². The number of cyclic esters (lactones) is 1. The molecule has 0 bridgehead atoms.